The van der Waals surface area contributed by atoms with Crippen molar-refractivity contribution in [2.75, 3.05) is 26.5 Å². The van der Waals surface area contributed by atoms with Gasteiger partial charge in [-0.25, -0.2) is 9.59 Å². The van der Waals surface area contributed by atoms with Crippen LogP contribution in [0.3, 0.4) is 0 Å². The molecule has 0 saturated heterocycles. The van der Waals surface area contributed by atoms with Gasteiger partial charge in [-0.05, 0) is 57.7 Å². The summed E-state index contributed by atoms with van der Waals surface area (Å²) in [6.07, 6.45) is 4.21. The first kappa shape index (κ1) is 41.5. The Morgan fingerprint density at radius 3 is 2.25 bits per heavy atom. The number of benzene rings is 1. The van der Waals surface area contributed by atoms with Crippen LogP contribution in [-0.2, 0) is 41.2 Å². The lowest BCUT2D eigenvalue weighted by molar-refractivity contribution is -0.148. The van der Waals surface area contributed by atoms with E-state index < -0.39 is 53.9 Å². The minimum atomic E-state index is -4.18. The second-order valence-corrected chi connectivity index (χ2v) is 27.9. The SMILES string of the molecule is COc1c(C)c2c(c(OCC[Si](C)(C)C)c1CC=C(C)CC(CC=CCP(=O)(O)O[C@@H](C)C(=O)O)C(=O)OCC[Si](C)(C)C)C(=O)OC2. The smallest absolute Gasteiger partial charge is 0.342 e. The fraction of sp³-hybridized carbons (Fsp3) is 0.618. The maximum absolute atomic E-state index is 13.3. The van der Waals surface area contributed by atoms with Crippen molar-refractivity contribution in [1.29, 1.82) is 0 Å². The van der Waals surface area contributed by atoms with Gasteiger partial charge in [-0.15, -0.1) is 0 Å². The number of allylic oxidation sites excluding steroid dienone is 4. The van der Waals surface area contributed by atoms with Gasteiger partial charge in [-0.3, -0.25) is 13.9 Å². The Morgan fingerprint density at radius 2 is 1.67 bits per heavy atom. The molecule has 3 atom stereocenters. The van der Waals surface area contributed by atoms with Gasteiger partial charge in [0.25, 0.3) is 0 Å². The van der Waals surface area contributed by atoms with Gasteiger partial charge in [-0.2, -0.15) is 0 Å². The number of aliphatic carboxylic acids is 1. The first-order valence-corrected chi connectivity index (χ1v) is 25.6. The molecule has 0 radical (unpaired) electrons. The minimum Gasteiger partial charge on any atom is -0.496 e. The Hall–Kier alpha value is -2.71. The molecule has 0 aromatic heterocycles. The van der Waals surface area contributed by atoms with Crippen LogP contribution in [0.5, 0.6) is 11.5 Å². The van der Waals surface area contributed by atoms with Crippen LogP contribution in [0.1, 0.15) is 53.7 Å². The van der Waals surface area contributed by atoms with E-state index in [2.05, 4.69) is 39.3 Å². The normalized spacial score (nSPS) is 16.2. The van der Waals surface area contributed by atoms with E-state index in [9.17, 15) is 23.8 Å². The van der Waals surface area contributed by atoms with Crippen molar-refractivity contribution in [1.82, 2.24) is 0 Å². The molecule has 0 saturated carbocycles. The summed E-state index contributed by atoms with van der Waals surface area (Å²) in [5.41, 5.74) is 3.69. The first-order valence-electron chi connectivity index (χ1n) is 16.4. The van der Waals surface area contributed by atoms with Crippen LogP contribution in [0.25, 0.3) is 0 Å². The molecule has 11 nitrogen and oxygen atoms in total. The first-order chi connectivity index (χ1) is 22.2. The molecule has 2 N–H and O–H groups in total. The van der Waals surface area contributed by atoms with Gasteiger partial charge in [0.2, 0.25) is 0 Å². The molecule has 1 heterocycles. The van der Waals surface area contributed by atoms with E-state index in [0.29, 0.717) is 43.1 Å². The van der Waals surface area contributed by atoms with Crippen LogP contribution < -0.4 is 9.47 Å². The Balaban J connectivity index is 2.34. The van der Waals surface area contributed by atoms with Crippen molar-refractivity contribution in [3.63, 3.8) is 0 Å². The number of carboxylic acids is 1. The predicted octanol–water partition coefficient (Wildman–Crippen LogP) is 7.39. The maximum atomic E-state index is 13.3. The van der Waals surface area contributed by atoms with Gasteiger partial charge in [0.1, 0.15) is 23.7 Å². The van der Waals surface area contributed by atoms with Crippen molar-refractivity contribution >= 4 is 41.7 Å². The quantitative estimate of drug-likeness (QED) is 0.0598. The molecule has 2 rings (SSSR count). The highest BCUT2D eigenvalue weighted by Crippen LogP contribution is 2.44. The number of carbonyl (C=O) groups excluding carboxylic acids is 2. The van der Waals surface area contributed by atoms with Crippen LogP contribution in [0.2, 0.25) is 51.4 Å². The molecule has 0 fully saturated rings. The summed E-state index contributed by atoms with van der Waals surface area (Å²) in [5.74, 6) is -1.56. The fourth-order valence-corrected chi connectivity index (χ4v) is 7.53. The number of rotatable bonds is 20. The van der Waals surface area contributed by atoms with Gasteiger partial charge in [-0.1, -0.05) is 63.1 Å². The number of carbonyl (C=O) groups is 3. The average Bonchev–Trinajstić information content (AvgIpc) is 3.34. The maximum Gasteiger partial charge on any atom is 0.342 e. The molecule has 1 aromatic rings. The Labute approximate surface area is 287 Å². The van der Waals surface area contributed by atoms with E-state index in [1.54, 1.807) is 13.2 Å². The van der Waals surface area contributed by atoms with Crippen LogP contribution in [0, 0.1) is 12.8 Å². The summed E-state index contributed by atoms with van der Waals surface area (Å²) in [4.78, 5) is 47.2. The van der Waals surface area contributed by atoms with E-state index in [-0.39, 0.29) is 19.0 Å². The molecule has 2 unspecified atom stereocenters. The van der Waals surface area contributed by atoms with E-state index in [1.807, 2.05) is 19.9 Å². The monoisotopic (exact) mass is 726 g/mol. The number of cyclic esters (lactones) is 1. The molecule has 1 aliphatic heterocycles. The Kier molecular flexibility index (Phi) is 15.4. The van der Waals surface area contributed by atoms with Crippen molar-refractivity contribution < 1.29 is 52.4 Å². The molecule has 1 aromatic carbocycles. The van der Waals surface area contributed by atoms with E-state index in [4.69, 9.17) is 28.6 Å². The van der Waals surface area contributed by atoms with Gasteiger partial charge in [0.15, 0.2) is 6.10 Å². The largest absolute Gasteiger partial charge is 0.496 e. The number of hydrogen-bond donors (Lipinski definition) is 2. The van der Waals surface area contributed by atoms with Crippen LogP contribution in [-0.4, -0.2) is 76.6 Å². The zero-order chi connectivity index (χ0) is 36.4. The number of methoxy groups -OCH3 is 1. The molecule has 270 valence electrons. The number of ether oxygens (including phenoxy) is 4. The minimum absolute atomic E-state index is 0.168. The molecule has 48 heavy (non-hydrogen) atoms. The standard InChI is InChI=1S/C34H55O11PSi2/c1-23(14-15-27-30(41-4)24(2)28-22-44-34(38)29(28)31(27)42-16-19-47(5,6)7)21-26(33(37)43-17-20-48(8,9)10)13-11-12-18-46(39,40)45-25(3)32(35)36/h11-12,14,25-26H,13,15-22H2,1-10H3,(H,35,36)(H,39,40)/t25-,26?/m0/s1. The van der Waals surface area contributed by atoms with Crippen LogP contribution in [0.15, 0.2) is 23.8 Å². The summed E-state index contributed by atoms with van der Waals surface area (Å²) in [7, 11) is -5.45. The highest BCUT2D eigenvalue weighted by Gasteiger charge is 2.33. The number of esters is 2. The lowest BCUT2D eigenvalue weighted by atomic mass is 9.93. The summed E-state index contributed by atoms with van der Waals surface area (Å²) >= 11 is 0. The number of hydrogen-bond acceptors (Lipinski definition) is 9. The van der Waals surface area contributed by atoms with Crippen LogP contribution in [0.4, 0.5) is 0 Å². The van der Waals surface area contributed by atoms with Crippen molar-refractivity contribution in [2.45, 2.75) is 104 Å². The Bertz CT molecular complexity index is 1420. The molecule has 0 amide bonds. The number of fused-ring (bicyclic) bond motifs is 1. The van der Waals surface area contributed by atoms with Gasteiger partial charge in [0, 0.05) is 27.3 Å². The van der Waals surface area contributed by atoms with E-state index in [0.717, 1.165) is 34.4 Å². The summed E-state index contributed by atoms with van der Waals surface area (Å²) in [6, 6.07) is 1.73. The third-order valence-electron chi connectivity index (χ3n) is 7.97. The van der Waals surface area contributed by atoms with E-state index >= 15 is 0 Å². The summed E-state index contributed by atoms with van der Waals surface area (Å²) < 4.78 is 40.4. The molecule has 1 aliphatic rings. The van der Waals surface area contributed by atoms with E-state index in [1.165, 1.54) is 13.0 Å². The molecule has 0 spiro atoms. The van der Waals surface area contributed by atoms with Crippen molar-refractivity contribution in [3.8, 4) is 11.5 Å². The summed E-state index contributed by atoms with van der Waals surface area (Å²) in [5, 5.41) is 8.99. The topological polar surface area (TPSA) is 155 Å². The lowest BCUT2D eigenvalue weighted by Gasteiger charge is -2.22. The third kappa shape index (κ3) is 13.3. The highest BCUT2D eigenvalue weighted by atomic mass is 31.2. The molecular weight excluding hydrogens is 672 g/mol. The van der Waals surface area contributed by atoms with Gasteiger partial charge < -0.3 is 28.9 Å². The van der Waals surface area contributed by atoms with Crippen molar-refractivity contribution in [3.05, 3.63) is 46.1 Å². The lowest BCUT2D eigenvalue weighted by Crippen LogP contribution is -2.25. The van der Waals surface area contributed by atoms with Crippen molar-refractivity contribution in [2.24, 2.45) is 5.92 Å². The molecule has 0 aliphatic carbocycles. The third-order valence-corrected chi connectivity index (χ3v) is 12.7. The second-order valence-electron chi connectivity index (χ2n) is 14.8. The van der Waals surface area contributed by atoms with Gasteiger partial charge in [0.05, 0.1) is 32.4 Å². The molecule has 0 bridgehead atoms. The zero-order valence-electron chi connectivity index (χ0n) is 30.3. The predicted molar refractivity (Wildman–Crippen MR) is 192 cm³/mol. The highest BCUT2D eigenvalue weighted by molar-refractivity contribution is 7.53. The summed E-state index contributed by atoms with van der Waals surface area (Å²) in [6.45, 7) is 19.3. The average molecular weight is 727 g/mol. The zero-order valence-corrected chi connectivity index (χ0v) is 33.2. The Morgan fingerprint density at radius 1 is 1.04 bits per heavy atom. The fourth-order valence-electron chi connectivity index (χ4n) is 5.02. The van der Waals surface area contributed by atoms with Crippen LogP contribution >= 0.6 is 7.60 Å². The molecule has 14 heteroatoms. The number of carboxylic acid groups (broad SMARTS) is 1. The second kappa shape index (κ2) is 17.8. The molecular formula is C34H55O11PSi2. The van der Waals surface area contributed by atoms with Gasteiger partial charge >= 0.3 is 25.5 Å².